The van der Waals surface area contributed by atoms with Crippen LogP contribution in [0.3, 0.4) is 0 Å². The molecule has 1 aliphatic carbocycles. The van der Waals surface area contributed by atoms with Gasteiger partial charge in [0.2, 0.25) is 0 Å². The summed E-state index contributed by atoms with van der Waals surface area (Å²) in [7, 11) is 0. The Labute approximate surface area is 131 Å². The lowest BCUT2D eigenvalue weighted by atomic mass is 9.86. The Hall–Kier alpha value is -1.00. The normalized spacial score (nSPS) is 31.4. The summed E-state index contributed by atoms with van der Waals surface area (Å²) >= 11 is 6.28. The number of fused-ring (bicyclic) bond motifs is 1. The van der Waals surface area contributed by atoms with Gasteiger partial charge >= 0.3 is 0 Å². The van der Waals surface area contributed by atoms with Gasteiger partial charge in [-0.3, -0.25) is 0 Å². The lowest BCUT2D eigenvalue weighted by molar-refractivity contribution is 0.0384. The third-order valence-corrected chi connectivity index (χ3v) is 5.32. The summed E-state index contributed by atoms with van der Waals surface area (Å²) in [4.78, 5) is 9.39. The summed E-state index contributed by atoms with van der Waals surface area (Å²) in [5.74, 6) is 1.94. The van der Waals surface area contributed by atoms with Gasteiger partial charge in [-0.2, -0.15) is 0 Å². The van der Waals surface area contributed by atoms with E-state index in [1.54, 1.807) is 0 Å². The van der Waals surface area contributed by atoms with Crippen molar-refractivity contribution in [1.29, 1.82) is 0 Å². The Morgan fingerprint density at radius 3 is 2.90 bits per heavy atom. The molecule has 0 spiro atoms. The van der Waals surface area contributed by atoms with E-state index in [1.807, 2.05) is 6.07 Å². The van der Waals surface area contributed by atoms with Crippen LogP contribution in [0.1, 0.15) is 26.2 Å². The quantitative estimate of drug-likeness (QED) is 0.803. The highest BCUT2D eigenvalue weighted by molar-refractivity contribution is 6.29. The second-order valence-electron chi connectivity index (χ2n) is 6.50. The number of pyridine rings is 1. The number of hydrogen-bond donors (Lipinski definition) is 0. The minimum absolute atomic E-state index is 0.328. The highest BCUT2D eigenvalue weighted by atomic mass is 35.5. The summed E-state index contributed by atoms with van der Waals surface area (Å²) in [6.07, 6.45) is 4.05. The number of anilines is 2. The highest BCUT2D eigenvalue weighted by Crippen LogP contribution is 2.43. The first kappa shape index (κ1) is 13.6. The van der Waals surface area contributed by atoms with E-state index >= 15 is 0 Å². The van der Waals surface area contributed by atoms with Crippen molar-refractivity contribution in [1.82, 2.24) is 4.98 Å². The van der Waals surface area contributed by atoms with Crippen LogP contribution >= 0.6 is 11.6 Å². The predicted molar refractivity (Wildman–Crippen MR) is 85.3 cm³/mol. The summed E-state index contributed by atoms with van der Waals surface area (Å²) < 4.78 is 5.76. The molecule has 114 valence electrons. The first-order valence-corrected chi connectivity index (χ1v) is 8.41. The molecule has 3 saturated heterocycles. The van der Waals surface area contributed by atoms with Crippen LogP contribution in [0.25, 0.3) is 0 Å². The van der Waals surface area contributed by atoms with Crippen molar-refractivity contribution >= 4 is 23.1 Å². The lowest BCUT2D eigenvalue weighted by Gasteiger charge is -2.35. The molecule has 3 aliphatic heterocycles. The molecule has 4 nitrogen and oxygen atoms in total. The van der Waals surface area contributed by atoms with Crippen LogP contribution in [0.2, 0.25) is 5.15 Å². The van der Waals surface area contributed by atoms with Crippen molar-refractivity contribution in [3.63, 3.8) is 0 Å². The van der Waals surface area contributed by atoms with Crippen LogP contribution in [-0.2, 0) is 4.74 Å². The van der Waals surface area contributed by atoms with Gasteiger partial charge < -0.3 is 14.5 Å². The molecule has 4 aliphatic rings. The third-order valence-electron chi connectivity index (χ3n) is 5.13. The van der Waals surface area contributed by atoms with Gasteiger partial charge in [0, 0.05) is 37.4 Å². The molecule has 21 heavy (non-hydrogen) atoms. The Kier molecular flexibility index (Phi) is 3.46. The average Bonchev–Trinajstić information content (AvgIpc) is 3.07. The second-order valence-corrected chi connectivity index (χ2v) is 6.88. The topological polar surface area (TPSA) is 28.6 Å². The number of morpholine rings is 1. The Balaban J connectivity index is 1.58. The molecule has 0 N–H and O–H groups in total. The number of hydrogen-bond acceptors (Lipinski definition) is 4. The van der Waals surface area contributed by atoms with Crippen LogP contribution in [0.15, 0.2) is 12.1 Å². The van der Waals surface area contributed by atoms with E-state index in [4.69, 9.17) is 16.3 Å². The molecule has 1 saturated carbocycles. The fourth-order valence-electron chi connectivity index (χ4n) is 3.81. The molecule has 1 aromatic heterocycles. The number of rotatable bonds is 3. The Morgan fingerprint density at radius 2 is 2.19 bits per heavy atom. The van der Waals surface area contributed by atoms with Crippen LogP contribution < -0.4 is 9.80 Å². The third kappa shape index (κ3) is 2.49. The summed E-state index contributed by atoms with van der Waals surface area (Å²) in [6.45, 7) is 6.00. The van der Waals surface area contributed by atoms with Gasteiger partial charge in [-0.15, -0.1) is 0 Å². The van der Waals surface area contributed by atoms with E-state index in [9.17, 15) is 0 Å². The van der Waals surface area contributed by atoms with E-state index in [2.05, 4.69) is 27.8 Å². The number of aromatic nitrogens is 1. The van der Waals surface area contributed by atoms with E-state index in [0.29, 0.717) is 17.3 Å². The van der Waals surface area contributed by atoms with Crippen LogP contribution in [0.5, 0.6) is 0 Å². The Bertz CT molecular complexity index is 532. The first-order valence-electron chi connectivity index (χ1n) is 8.03. The largest absolute Gasteiger partial charge is 0.375 e. The number of halogens is 1. The van der Waals surface area contributed by atoms with Crippen LogP contribution in [-0.4, -0.2) is 43.4 Å². The van der Waals surface area contributed by atoms with Crippen molar-refractivity contribution < 1.29 is 4.74 Å². The van der Waals surface area contributed by atoms with Gasteiger partial charge in [-0.25, -0.2) is 4.98 Å². The van der Waals surface area contributed by atoms with Crippen molar-refractivity contribution in [2.75, 3.05) is 36.0 Å². The second kappa shape index (κ2) is 5.33. The van der Waals surface area contributed by atoms with Gasteiger partial charge in [0.05, 0.1) is 12.7 Å². The van der Waals surface area contributed by atoms with E-state index in [0.717, 1.165) is 44.4 Å². The minimum Gasteiger partial charge on any atom is -0.375 e. The fourth-order valence-corrected chi connectivity index (χ4v) is 4.01. The van der Waals surface area contributed by atoms with Crippen LogP contribution in [0.4, 0.5) is 11.5 Å². The number of ether oxygens (including phenoxy) is 1. The molecule has 0 aromatic carbocycles. The van der Waals surface area contributed by atoms with Crippen molar-refractivity contribution in [3.05, 3.63) is 17.3 Å². The lowest BCUT2D eigenvalue weighted by Crippen LogP contribution is -2.42. The smallest absolute Gasteiger partial charge is 0.133 e. The van der Waals surface area contributed by atoms with Crippen LogP contribution in [0, 0.1) is 5.92 Å². The van der Waals surface area contributed by atoms with Crippen molar-refractivity contribution in [2.24, 2.45) is 5.92 Å². The van der Waals surface area contributed by atoms with Gasteiger partial charge in [0.25, 0.3) is 0 Å². The molecule has 0 unspecified atom stereocenters. The fraction of sp³-hybridized carbons (Fsp3) is 0.688. The molecule has 2 bridgehead atoms. The maximum Gasteiger partial charge on any atom is 0.133 e. The molecular formula is C16H22ClN3O. The molecule has 0 amide bonds. The van der Waals surface area contributed by atoms with Gasteiger partial charge in [-0.05, 0) is 31.2 Å². The summed E-state index contributed by atoms with van der Waals surface area (Å²) in [5.41, 5.74) is 1.19. The minimum atomic E-state index is 0.328. The maximum atomic E-state index is 6.28. The first-order chi connectivity index (χ1) is 10.2. The van der Waals surface area contributed by atoms with Gasteiger partial charge in [-0.1, -0.05) is 18.5 Å². The summed E-state index contributed by atoms with van der Waals surface area (Å²) in [6, 6.07) is 4.90. The van der Waals surface area contributed by atoms with Crippen molar-refractivity contribution in [3.8, 4) is 0 Å². The van der Waals surface area contributed by atoms with E-state index in [-0.39, 0.29) is 0 Å². The monoisotopic (exact) mass is 307 g/mol. The highest BCUT2D eigenvalue weighted by Gasteiger charge is 2.43. The van der Waals surface area contributed by atoms with E-state index in [1.165, 1.54) is 18.5 Å². The zero-order valence-corrected chi connectivity index (χ0v) is 13.2. The molecule has 0 radical (unpaired) electrons. The standard InChI is InChI=1S/C16H22ClN3O/c1-2-14-10-19(3-4-21-14)12-7-15(17)18-16(8-12)20-9-11-5-13(20)6-11/h7-8,11,13-14H,2-6,9-10H2,1H3/t11?,13?,14-/m0/s1. The number of nitrogens with zero attached hydrogens (tertiary/aromatic N) is 3. The Morgan fingerprint density at radius 1 is 1.33 bits per heavy atom. The molecular weight excluding hydrogens is 286 g/mol. The van der Waals surface area contributed by atoms with Gasteiger partial charge in [0.1, 0.15) is 11.0 Å². The molecule has 4 fully saturated rings. The zero-order valence-electron chi connectivity index (χ0n) is 12.5. The van der Waals surface area contributed by atoms with Gasteiger partial charge in [0.15, 0.2) is 0 Å². The summed E-state index contributed by atoms with van der Waals surface area (Å²) in [5, 5.41) is 0.603. The average molecular weight is 308 g/mol. The van der Waals surface area contributed by atoms with E-state index < -0.39 is 0 Å². The molecule has 1 aromatic rings. The molecule has 5 heteroatoms. The SMILES string of the molecule is CC[C@H]1CN(c2cc(Cl)nc(N3CC4CC3C4)c2)CCO1. The zero-order chi connectivity index (χ0) is 14.4. The molecule has 1 atom stereocenters. The molecule has 4 heterocycles. The van der Waals surface area contributed by atoms with Crippen molar-refractivity contribution in [2.45, 2.75) is 38.3 Å². The molecule has 5 rings (SSSR count). The maximum absolute atomic E-state index is 6.28. The predicted octanol–water partition coefficient (Wildman–Crippen LogP) is 2.95.